The van der Waals surface area contributed by atoms with Crippen molar-refractivity contribution in [1.29, 1.82) is 5.26 Å². The molecule has 158 valence electrons. The highest BCUT2D eigenvalue weighted by atomic mass is 35.5. The second-order valence-electron chi connectivity index (χ2n) is 7.43. The van der Waals surface area contributed by atoms with Crippen molar-refractivity contribution in [3.63, 3.8) is 0 Å². The summed E-state index contributed by atoms with van der Waals surface area (Å²) in [6, 6.07) is 24.2. The molecule has 0 saturated carbocycles. The molecule has 0 atom stereocenters. The van der Waals surface area contributed by atoms with Crippen molar-refractivity contribution >= 4 is 40.7 Å². The highest BCUT2D eigenvalue weighted by Crippen LogP contribution is 2.29. The number of benzene rings is 3. The van der Waals surface area contributed by atoms with E-state index in [0.717, 1.165) is 16.7 Å². The largest absolute Gasteiger partial charge is 0.354 e. The van der Waals surface area contributed by atoms with Crippen molar-refractivity contribution in [2.75, 3.05) is 6.54 Å². The maximum Gasteiger partial charge on any atom is 0.241 e. The number of carbonyl (C=O) groups excluding carboxylic acids is 1. The Kier molecular flexibility index (Phi) is 7.98. The van der Waals surface area contributed by atoms with Gasteiger partial charge >= 0.3 is 0 Å². The number of hydrogen-bond donors (Lipinski definition) is 1. The molecule has 0 aromatic heterocycles. The van der Waals surface area contributed by atoms with E-state index in [1.807, 2.05) is 48.5 Å². The summed E-state index contributed by atoms with van der Waals surface area (Å²) in [4.78, 5) is 13.3. The molecule has 0 spiro atoms. The lowest BCUT2D eigenvalue weighted by Crippen LogP contribution is -2.44. The Bertz CT molecular complexity index is 1010. The van der Waals surface area contributed by atoms with Gasteiger partial charge in [-0.3, -0.25) is 4.79 Å². The van der Waals surface area contributed by atoms with Gasteiger partial charge in [-0.25, -0.2) is 0 Å². The average molecular weight is 472 g/mol. The second kappa shape index (κ2) is 10.7. The molecule has 0 fully saturated rings. The Morgan fingerprint density at radius 3 is 1.52 bits per heavy atom. The molecule has 6 heteroatoms. The Morgan fingerprint density at radius 1 is 0.742 bits per heavy atom. The second-order valence-corrected chi connectivity index (χ2v) is 8.74. The minimum Gasteiger partial charge on any atom is -0.354 e. The summed E-state index contributed by atoms with van der Waals surface area (Å²) in [7, 11) is 0. The van der Waals surface area contributed by atoms with E-state index in [2.05, 4.69) is 11.4 Å². The Hall–Kier alpha value is -2.51. The number of hydrogen-bond acceptors (Lipinski definition) is 2. The van der Waals surface area contributed by atoms with Crippen LogP contribution >= 0.6 is 34.8 Å². The molecule has 0 aliphatic rings. The molecular formula is C25H21Cl3N2O. The van der Waals surface area contributed by atoms with Crippen molar-refractivity contribution < 1.29 is 4.79 Å². The van der Waals surface area contributed by atoms with Crippen LogP contribution in [0.3, 0.4) is 0 Å². The summed E-state index contributed by atoms with van der Waals surface area (Å²) in [5.74, 6) is -0.297. The minimum absolute atomic E-state index is 0.274. The van der Waals surface area contributed by atoms with Crippen LogP contribution in [0.4, 0.5) is 0 Å². The summed E-state index contributed by atoms with van der Waals surface area (Å²) < 4.78 is 0. The van der Waals surface area contributed by atoms with Crippen LogP contribution in [0.15, 0.2) is 72.8 Å². The van der Waals surface area contributed by atoms with Gasteiger partial charge in [0.2, 0.25) is 5.91 Å². The molecule has 0 aliphatic heterocycles. The first-order valence-corrected chi connectivity index (χ1v) is 11.0. The van der Waals surface area contributed by atoms with Crippen LogP contribution in [-0.2, 0) is 24.1 Å². The fourth-order valence-corrected chi connectivity index (χ4v) is 3.77. The molecule has 0 radical (unpaired) electrons. The number of halogens is 3. The first-order chi connectivity index (χ1) is 14.9. The quantitative estimate of drug-likeness (QED) is 0.419. The number of nitriles is 1. The molecule has 0 unspecified atom stereocenters. The van der Waals surface area contributed by atoms with E-state index in [4.69, 9.17) is 34.8 Å². The van der Waals surface area contributed by atoms with Crippen molar-refractivity contribution in [1.82, 2.24) is 5.32 Å². The van der Waals surface area contributed by atoms with Crippen LogP contribution in [0.5, 0.6) is 0 Å². The first kappa shape index (κ1) is 23.2. The lowest BCUT2D eigenvalue weighted by atomic mass is 9.77. The number of nitrogens with one attached hydrogen (secondary N) is 1. The maximum absolute atomic E-state index is 13.3. The Balaban J connectivity index is 1.79. The molecule has 1 N–H and O–H groups in total. The number of carbonyl (C=O) groups is 1. The van der Waals surface area contributed by atoms with Gasteiger partial charge in [0.15, 0.2) is 0 Å². The fourth-order valence-electron chi connectivity index (χ4n) is 3.39. The van der Waals surface area contributed by atoms with Crippen LogP contribution < -0.4 is 5.32 Å². The zero-order valence-electron chi connectivity index (χ0n) is 16.7. The number of nitrogens with zero attached hydrogens (tertiary/aromatic N) is 1. The smallest absolute Gasteiger partial charge is 0.241 e. The lowest BCUT2D eigenvalue weighted by Gasteiger charge is -2.26. The number of rotatable bonds is 8. The standard InChI is InChI=1S/C25H21Cl3N2O/c26-21-7-1-18(2-8-21)13-14-30-24(31)25(17-29,15-19-3-9-22(27)10-4-19)16-20-5-11-23(28)12-6-20/h1-12H,13-16H2,(H,30,31). The first-order valence-electron chi connectivity index (χ1n) is 9.83. The summed E-state index contributed by atoms with van der Waals surface area (Å²) in [5, 5.41) is 15.0. The van der Waals surface area contributed by atoms with Gasteiger partial charge in [0, 0.05) is 34.5 Å². The minimum atomic E-state index is -1.26. The van der Waals surface area contributed by atoms with Gasteiger partial charge in [-0.15, -0.1) is 0 Å². The van der Waals surface area contributed by atoms with E-state index in [9.17, 15) is 10.1 Å². The molecule has 3 aromatic rings. The monoisotopic (exact) mass is 470 g/mol. The van der Waals surface area contributed by atoms with Gasteiger partial charge < -0.3 is 5.32 Å². The maximum atomic E-state index is 13.3. The summed E-state index contributed by atoms with van der Waals surface area (Å²) in [6.45, 7) is 0.422. The predicted molar refractivity (Wildman–Crippen MR) is 127 cm³/mol. The van der Waals surface area contributed by atoms with Crippen LogP contribution in [0.25, 0.3) is 0 Å². The third-order valence-electron chi connectivity index (χ3n) is 5.10. The summed E-state index contributed by atoms with van der Waals surface area (Å²) in [5.41, 5.74) is 1.53. The fraction of sp³-hybridized carbons (Fsp3) is 0.200. The van der Waals surface area contributed by atoms with Crippen LogP contribution in [0.1, 0.15) is 16.7 Å². The lowest BCUT2D eigenvalue weighted by molar-refractivity contribution is -0.128. The van der Waals surface area contributed by atoms with Crippen LogP contribution in [0, 0.1) is 16.7 Å². The van der Waals surface area contributed by atoms with Gasteiger partial charge in [0.1, 0.15) is 5.41 Å². The molecule has 3 aromatic carbocycles. The predicted octanol–water partition coefficient (Wildman–Crippen LogP) is 6.30. The van der Waals surface area contributed by atoms with E-state index in [-0.39, 0.29) is 18.7 Å². The number of amides is 1. The van der Waals surface area contributed by atoms with Crippen molar-refractivity contribution in [3.05, 3.63) is 105 Å². The molecule has 1 amide bonds. The van der Waals surface area contributed by atoms with Crippen molar-refractivity contribution in [3.8, 4) is 6.07 Å². The zero-order valence-corrected chi connectivity index (χ0v) is 19.0. The van der Waals surface area contributed by atoms with Crippen LogP contribution in [-0.4, -0.2) is 12.5 Å². The SMILES string of the molecule is N#CC(Cc1ccc(Cl)cc1)(Cc1ccc(Cl)cc1)C(=O)NCCc1ccc(Cl)cc1. The molecular weight excluding hydrogens is 451 g/mol. The Labute approximate surface area is 197 Å². The van der Waals surface area contributed by atoms with Gasteiger partial charge in [-0.1, -0.05) is 71.2 Å². The molecule has 0 bridgehead atoms. The zero-order chi connectivity index (χ0) is 22.3. The van der Waals surface area contributed by atoms with Gasteiger partial charge in [-0.05, 0) is 59.5 Å². The highest BCUT2D eigenvalue weighted by Gasteiger charge is 2.39. The van der Waals surface area contributed by atoms with E-state index in [1.165, 1.54) is 0 Å². The van der Waals surface area contributed by atoms with E-state index in [1.54, 1.807) is 24.3 Å². The molecule has 3 nitrogen and oxygen atoms in total. The average Bonchev–Trinajstić information content (AvgIpc) is 2.77. The summed E-state index contributed by atoms with van der Waals surface area (Å²) in [6.07, 6.45) is 1.19. The highest BCUT2D eigenvalue weighted by molar-refractivity contribution is 6.31. The molecule has 0 heterocycles. The van der Waals surface area contributed by atoms with E-state index < -0.39 is 5.41 Å². The topological polar surface area (TPSA) is 52.9 Å². The van der Waals surface area contributed by atoms with Crippen molar-refractivity contribution in [2.24, 2.45) is 5.41 Å². The molecule has 0 aliphatic carbocycles. The third kappa shape index (κ3) is 6.48. The van der Waals surface area contributed by atoms with Crippen LogP contribution in [0.2, 0.25) is 15.1 Å². The third-order valence-corrected chi connectivity index (χ3v) is 5.86. The van der Waals surface area contributed by atoms with Gasteiger partial charge in [-0.2, -0.15) is 5.26 Å². The van der Waals surface area contributed by atoms with Crippen molar-refractivity contribution in [2.45, 2.75) is 19.3 Å². The van der Waals surface area contributed by atoms with E-state index >= 15 is 0 Å². The molecule has 3 rings (SSSR count). The van der Waals surface area contributed by atoms with Gasteiger partial charge in [0.05, 0.1) is 6.07 Å². The van der Waals surface area contributed by atoms with E-state index in [0.29, 0.717) is 28.0 Å². The Morgan fingerprint density at radius 2 is 1.13 bits per heavy atom. The summed E-state index contributed by atoms with van der Waals surface area (Å²) >= 11 is 17.9. The molecule has 0 saturated heterocycles. The molecule has 31 heavy (non-hydrogen) atoms. The van der Waals surface area contributed by atoms with Gasteiger partial charge in [0.25, 0.3) is 0 Å². The normalized spacial score (nSPS) is 11.0.